The van der Waals surface area contributed by atoms with Crippen LogP contribution in [0.5, 0.6) is 0 Å². The van der Waals surface area contributed by atoms with E-state index in [9.17, 15) is 14.0 Å². The van der Waals surface area contributed by atoms with Gasteiger partial charge in [0.25, 0.3) is 0 Å². The minimum Gasteiger partial charge on any atom is -0.354 e. The third kappa shape index (κ3) is 5.57. The van der Waals surface area contributed by atoms with E-state index < -0.39 is 0 Å². The molecule has 0 saturated heterocycles. The molecule has 0 aromatic heterocycles. The molecule has 132 valence electrons. The van der Waals surface area contributed by atoms with Crippen LogP contribution in [0.2, 0.25) is 5.02 Å². The van der Waals surface area contributed by atoms with Crippen molar-refractivity contribution in [1.82, 2.24) is 5.32 Å². The van der Waals surface area contributed by atoms with Crippen LogP contribution < -0.4 is 10.2 Å². The predicted molar refractivity (Wildman–Crippen MR) is 97.3 cm³/mol. The van der Waals surface area contributed by atoms with Crippen molar-refractivity contribution < 1.29 is 14.0 Å². The van der Waals surface area contributed by atoms with Gasteiger partial charge in [-0.15, -0.1) is 0 Å². The van der Waals surface area contributed by atoms with Crippen LogP contribution in [0.15, 0.2) is 42.5 Å². The highest BCUT2D eigenvalue weighted by molar-refractivity contribution is 6.31. The summed E-state index contributed by atoms with van der Waals surface area (Å²) in [6.45, 7) is 4.00. The number of aryl methyl sites for hydroxylation is 1. The molecule has 0 aliphatic carbocycles. The molecule has 4 nitrogen and oxygen atoms in total. The van der Waals surface area contributed by atoms with E-state index in [0.717, 1.165) is 11.1 Å². The SMILES string of the molecule is CC(=O)N(CCNC(=O)Cc1ccc(F)cc1)c1ccc(C)c(Cl)c1. The zero-order valence-electron chi connectivity index (χ0n) is 14.2. The van der Waals surface area contributed by atoms with Crippen LogP contribution in [0, 0.1) is 12.7 Å². The number of hydrogen-bond acceptors (Lipinski definition) is 2. The largest absolute Gasteiger partial charge is 0.354 e. The summed E-state index contributed by atoms with van der Waals surface area (Å²) in [5, 5.41) is 3.35. The van der Waals surface area contributed by atoms with Gasteiger partial charge in [-0.3, -0.25) is 9.59 Å². The smallest absolute Gasteiger partial charge is 0.224 e. The Balaban J connectivity index is 1.90. The van der Waals surface area contributed by atoms with Gasteiger partial charge in [0.05, 0.1) is 6.42 Å². The zero-order chi connectivity index (χ0) is 18.4. The number of amides is 2. The Morgan fingerprint density at radius 3 is 2.44 bits per heavy atom. The number of rotatable bonds is 6. The van der Waals surface area contributed by atoms with Crippen LogP contribution in [0.3, 0.4) is 0 Å². The lowest BCUT2D eigenvalue weighted by Crippen LogP contribution is -2.38. The summed E-state index contributed by atoms with van der Waals surface area (Å²) in [7, 11) is 0. The third-order valence-corrected chi connectivity index (χ3v) is 4.19. The van der Waals surface area contributed by atoms with Gasteiger partial charge in [-0.2, -0.15) is 0 Å². The van der Waals surface area contributed by atoms with Gasteiger partial charge < -0.3 is 10.2 Å². The third-order valence-electron chi connectivity index (χ3n) is 3.78. The van der Waals surface area contributed by atoms with E-state index in [1.165, 1.54) is 19.1 Å². The number of carbonyl (C=O) groups excluding carboxylic acids is 2. The van der Waals surface area contributed by atoms with Crippen LogP contribution in [0.1, 0.15) is 18.1 Å². The summed E-state index contributed by atoms with van der Waals surface area (Å²) in [5.74, 6) is -0.650. The fraction of sp³-hybridized carbons (Fsp3) is 0.263. The molecule has 2 aromatic carbocycles. The van der Waals surface area contributed by atoms with Crippen LogP contribution >= 0.6 is 11.6 Å². The monoisotopic (exact) mass is 362 g/mol. The van der Waals surface area contributed by atoms with Crippen LogP contribution in [-0.2, 0) is 16.0 Å². The number of carbonyl (C=O) groups is 2. The first-order chi connectivity index (χ1) is 11.9. The fourth-order valence-corrected chi connectivity index (χ4v) is 2.55. The average molecular weight is 363 g/mol. The van der Waals surface area contributed by atoms with Gasteiger partial charge in [0.1, 0.15) is 5.82 Å². The Kier molecular flexibility index (Phi) is 6.53. The Hall–Kier alpha value is -2.40. The average Bonchev–Trinajstić information content (AvgIpc) is 2.56. The molecule has 25 heavy (non-hydrogen) atoms. The molecule has 2 aromatic rings. The Bertz CT molecular complexity index is 763. The second kappa shape index (κ2) is 8.62. The molecule has 0 radical (unpaired) electrons. The van der Waals surface area contributed by atoms with Crippen molar-refractivity contribution in [2.24, 2.45) is 0 Å². The standard InChI is InChI=1S/C19H20ClFN2O2/c1-13-3-8-17(12-18(13)20)23(14(2)24)10-9-22-19(25)11-15-4-6-16(21)7-5-15/h3-8,12H,9-11H2,1-2H3,(H,22,25). The van der Waals surface area contributed by atoms with Crippen molar-refractivity contribution in [3.63, 3.8) is 0 Å². The molecule has 0 atom stereocenters. The van der Waals surface area contributed by atoms with E-state index in [1.54, 1.807) is 23.1 Å². The molecule has 0 fully saturated rings. The zero-order valence-corrected chi connectivity index (χ0v) is 14.9. The molecule has 0 saturated carbocycles. The second-order valence-corrected chi connectivity index (χ2v) is 6.16. The molecule has 0 spiro atoms. The topological polar surface area (TPSA) is 49.4 Å². The van der Waals surface area contributed by atoms with Crippen LogP contribution in [0.25, 0.3) is 0 Å². The van der Waals surface area contributed by atoms with Crippen molar-refractivity contribution in [3.05, 3.63) is 64.4 Å². The first kappa shape index (κ1) is 18.9. The van der Waals surface area contributed by atoms with E-state index in [-0.39, 0.29) is 24.1 Å². The van der Waals surface area contributed by atoms with Gasteiger partial charge >= 0.3 is 0 Å². The van der Waals surface area contributed by atoms with Gasteiger partial charge in [-0.05, 0) is 42.3 Å². The normalized spacial score (nSPS) is 10.4. The van der Waals surface area contributed by atoms with Crippen molar-refractivity contribution >= 4 is 29.1 Å². The molecular formula is C19H20ClFN2O2. The van der Waals surface area contributed by atoms with Gasteiger partial charge in [0.15, 0.2) is 0 Å². The van der Waals surface area contributed by atoms with Crippen molar-refractivity contribution in [3.8, 4) is 0 Å². The minimum atomic E-state index is -0.335. The van der Waals surface area contributed by atoms with Gasteiger partial charge in [-0.25, -0.2) is 4.39 Å². The lowest BCUT2D eigenvalue weighted by atomic mass is 10.1. The summed E-state index contributed by atoms with van der Waals surface area (Å²) in [6, 6.07) is 11.2. The Morgan fingerprint density at radius 1 is 1.16 bits per heavy atom. The molecule has 2 amide bonds. The maximum absolute atomic E-state index is 12.9. The molecule has 0 aliphatic heterocycles. The van der Waals surface area contributed by atoms with E-state index >= 15 is 0 Å². The summed E-state index contributed by atoms with van der Waals surface area (Å²) in [6.07, 6.45) is 0.163. The first-order valence-corrected chi connectivity index (χ1v) is 8.30. The lowest BCUT2D eigenvalue weighted by Gasteiger charge is -2.22. The van der Waals surface area contributed by atoms with Gasteiger partial charge in [0.2, 0.25) is 11.8 Å². The summed E-state index contributed by atoms with van der Waals surface area (Å²) in [5.41, 5.74) is 2.35. The highest BCUT2D eigenvalue weighted by Gasteiger charge is 2.13. The maximum Gasteiger partial charge on any atom is 0.224 e. The maximum atomic E-state index is 12.9. The second-order valence-electron chi connectivity index (χ2n) is 5.76. The molecule has 0 unspecified atom stereocenters. The molecular weight excluding hydrogens is 343 g/mol. The number of benzene rings is 2. The van der Waals surface area contributed by atoms with Gasteiger partial charge in [0, 0.05) is 30.7 Å². The van der Waals surface area contributed by atoms with E-state index in [2.05, 4.69) is 5.32 Å². The van der Waals surface area contributed by atoms with E-state index in [1.807, 2.05) is 19.1 Å². The number of halogens is 2. The van der Waals surface area contributed by atoms with Gasteiger partial charge in [-0.1, -0.05) is 29.8 Å². The quantitative estimate of drug-likeness (QED) is 0.855. The molecule has 0 bridgehead atoms. The van der Waals surface area contributed by atoms with Crippen molar-refractivity contribution in [1.29, 1.82) is 0 Å². The lowest BCUT2D eigenvalue weighted by molar-refractivity contribution is -0.121. The molecule has 1 N–H and O–H groups in total. The van der Waals surface area contributed by atoms with Crippen molar-refractivity contribution in [2.75, 3.05) is 18.0 Å². The van der Waals surface area contributed by atoms with Crippen LogP contribution in [0.4, 0.5) is 10.1 Å². The highest BCUT2D eigenvalue weighted by Crippen LogP contribution is 2.23. The molecule has 2 rings (SSSR count). The summed E-state index contributed by atoms with van der Waals surface area (Å²) >= 11 is 6.11. The first-order valence-electron chi connectivity index (χ1n) is 7.92. The number of nitrogens with one attached hydrogen (secondary N) is 1. The summed E-state index contributed by atoms with van der Waals surface area (Å²) < 4.78 is 12.9. The highest BCUT2D eigenvalue weighted by atomic mass is 35.5. The minimum absolute atomic E-state index is 0.132. The number of nitrogens with zero attached hydrogens (tertiary/aromatic N) is 1. The predicted octanol–water partition coefficient (Wildman–Crippen LogP) is 3.50. The van der Waals surface area contributed by atoms with E-state index in [4.69, 9.17) is 11.6 Å². The Morgan fingerprint density at radius 2 is 1.84 bits per heavy atom. The molecule has 0 heterocycles. The van der Waals surface area contributed by atoms with Crippen molar-refractivity contribution in [2.45, 2.75) is 20.3 Å². The van der Waals surface area contributed by atoms with Crippen LogP contribution in [-0.4, -0.2) is 24.9 Å². The summed E-state index contributed by atoms with van der Waals surface area (Å²) in [4.78, 5) is 25.4. The van der Waals surface area contributed by atoms with E-state index in [0.29, 0.717) is 23.8 Å². The molecule has 0 aliphatic rings. The number of anilines is 1. The number of hydrogen-bond donors (Lipinski definition) is 1. The Labute approximate surface area is 151 Å². The fourth-order valence-electron chi connectivity index (χ4n) is 2.38. The molecule has 6 heteroatoms.